The van der Waals surface area contributed by atoms with Crippen molar-refractivity contribution in [2.75, 3.05) is 13.1 Å². The van der Waals surface area contributed by atoms with Crippen LogP contribution in [0.5, 0.6) is 0 Å². The van der Waals surface area contributed by atoms with Gasteiger partial charge in [-0.3, -0.25) is 15.1 Å². The summed E-state index contributed by atoms with van der Waals surface area (Å²) in [6.07, 6.45) is 11.8. The average Bonchev–Trinajstić information content (AvgIpc) is 3.34. The predicted molar refractivity (Wildman–Crippen MR) is 111 cm³/mol. The number of allylic oxidation sites excluding steroid dienone is 2. The highest BCUT2D eigenvalue weighted by molar-refractivity contribution is 5.87. The van der Waals surface area contributed by atoms with Gasteiger partial charge in [-0.2, -0.15) is 0 Å². The van der Waals surface area contributed by atoms with Gasteiger partial charge in [0, 0.05) is 30.0 Å². The SMILES string of the molecule is C[C@]12CCC(NO[C@H]3CCNC3)=CC1C(C=O)C[C@@H]1[C@@H]2CC[C@]2(C)C(=O)CC[C@@H]12. The first-order valence-corrected chi connectivity index (χ1v) is 11.8. The van der Waals surface area contributed by atoms with Gasteiger partial charge < -0.3 is 10.1 Å². The molecule has 0 radical (unpaired) electrons. The molecule has 1 heterocycles. The van der Waals surface area contributed by atoms with Gasteiger partial charge in [-0.05, 0) is 80.6 Å². The Balaban J connectivity index is 1.38. The van der Waals surface area contributed by atoms with E-state index < -0.39 is 0 Å². The molecule has 160 valence electrons. The predicted octanol–water partition coefficient (Wildman–Crippen LogP) is 3.40. The monoisotopic (exact) mass is 400 g/mol. The van der Waals surface area contributed by atoms with Crippen LogP contribution in [0, 0.1) is 40.4 Å². The van der Waals surface area contributed by atoms with E-state index in [9.17, 15) is 9.59 Å². The molecule has 5 heteroatoms. The number of aldehydes is 1. The van der Waals surface area contributed by atoms with Crippen molar-refractivity contribution in [1.82, 2.24) is 10.8 Å². The van der Waals surface area contributed by atoms with Crippen molar-refractivity contribution in [3.8, 4) is 0 Å². The summed E-state index contributed by atoms with van der Waals surface area (Å²) in [6, 6.07) is 0. The molecule has 29 heavy (non-hydrogen) atoms. The van der Waals surface area contributed by atoms with Gasteiger partial charge >= 0.3 is 0 Å². The van der Waals surface area contributed by atoms with Crippen molar-refractivity contribution in [2.45, 2.75) is 71.3 Å². The van der Waals surface area contributed by atoms with E-state index in [0.717, 1.165) is 70.2 Å². The number of carbonyl (C=O) groups is 2. The summed E-state index contributed by atoms with van der Waals surface area (Å²) >= 11 is 0. The molecule has 8 atom stereocenters. The van der Waals surface area contributed by atoms with Gasteiger partial charge in [-0.1, -0.05) is 19.9 Å². The molecule has 0 spiro atoms. The van der Waals surface area contributed by atoms with Crippen molar-refractivity contribution in [2.24, 2.45) is 40.4 Å². The molecule has 2 unspecified atom stereocenters. The van der Waals surface area contributed by atoms with E-state index in [1.807, 2.05) is 0 Å². The first-order chi connectivity index (χ1) is 14.0. The number of hydrogen-bond acceptors (Lipinski definition) is 5. The summed E-state index contributed by atoms with van der Waals surface area (Å²) in [5, 5.41) is 3.33. The van der Waals surface area contributed by atoms with Crippen LogP contribution in [0.25, 0.3) is 0 Å². The smallest absolute Gasteiger partial charge is 0.139 e. The minimum absolute atomic E-state index is 0.0598. The topological polar surface area (TPSA) is 67.4 Å². The maximum Gasteiger partial charge on any atom is 0.139 e. The van der Waals surface area contributed by atoms with Crippen molar-refractivity contribution in [1.29, 1.82) is 0 Å². The second kappa shape index (κ2) is 7.19. The molecular weight excluding hydrogens is 364 g/mol. The molecule has 0 aromatic rings. The summed E-state index contributed by atoms with van der Waals surface area (Å²) in [4.78, 5) is 30.7. The Kier molecular flexibility index (Phi) is 4.90. The molecule has 5 aliphatic rings. The van der Waals surface area contributed by atoms with Gasteiger partial charge in [0.15, 0.2) is 0 Å². The Hall–Kier alpha value is -1.20. The average molecular weight is 401 g/mol. The van der Waals surface area contributed by atoms with Crippen molar-refractivity contribution in [3.05, 3.63) is 11.8 Å². The minimum atomic E-state index is -0.127. The van der Waals surface area contributed by atoms with Crippen LogP contribution in [0.3, 0.4) is 0 Å². The second-order valence-corrected chi connectivity index (χ2v) is 10.9. The first kappa shape index (κ1) is 19.7. The van der Waals surface area contributed by atoms with Gasteiger partial charge in [0.1, 0.15) is 12.1 Å². The lowest BCUT2D eigenvalue weighted by atomic mass is 9.44. The Morgan fingerprint density at radius 2 is 2.03 bits per heavy atom. The maximum atomic E-state index is 12.6. The third-order valence-electron chi connectivity index (χ3n) is 9.62. The van der Waals surface area contributed by atoms with E-state index >= 15 is 0 Å². The molecule has 5 rings (SSSR count). The fourth-order valence-electron chi connectivity index (χ4n) is 7.89. The molecule has 0 aromatic carbocycles. The van der Waals surface area contributed by atoms with Crippen molar-refractivity contribution >= 4 is 12.1 Å². The number of nitrogens with one attached hydrogen (secondary N) is 2. The van der Waals surface area contributed by atoms with Crippen molar-refractivity contribution < 1.29 is 14.4 Å². The van der Waals surface area contributed by atoms with Crippen LogP contribution < -0.4 is 10.8 Å². The highest BCUT2D eigenvalue weighted by atomic mass is 16.7. The molecule has 3 saturated carbocycles. The fraction of sp³-hybridized carbons (Fsp3) is 0.833. The number of rotatable bonds is 4. The molecule has 4 aliphatic carbocycles. The minimum Gasteiger partial charge on any atom is -0.314 e. The van der Waals surface area contributed by atoms with Crippen LogP contribution in [0.15, 0.2) is 11.8 Å². The lowest BCUT2D eigenvalue weighted by Gasteiger charge is -2.60. The van der Waals surface area contributed by atoms with Crippen LogP contribution in [0.1, 0.15) is 65.2 Å². The summed E-state index contributed by atoms with van der Waals surface area (Å²) in [6.45, 7) is 6.57. The molecule has 0 amide bonds. The molecule has 4 fully saturated rings. The van der Waals surface area contributed by atoms with Gasteiger partial charge in [0.05, 0.1) is 6.10 Å². The zero-order valence-corrected chi connectivity index (χ0v) is 17.9. The van der Waals surface area contributed by atoms with Gasteiger partial charge in [0.2, 0.25) is 0 Å². The highest BCUT2D eigenvalue weighted by Gasteiger charge is 2.61. The molecular formula is C24H36N2O3. The van der Waals surface area contributed by atoms with E-state index in [2.05, 4.69) is 30.7 Å². The number of Topliss-reactive ketones (excluding diaryl/α,β-unsaturated/α-hetero) is 1. The Labute approximate surface area is 174 Å². The normalized spacial score (nSPS) is 49.0. The zero-order valence-electron chi connectivity index (χ0n) is 17.9. The van der Waals surface area contributed by atoms with E-state index in [4.69, 9.17) is 4.84 Å². The standard InChI is InChI=1S/C24H36N2O3/c1-23-8-5-16(26-29-17-7-10-25-13-17)12-21(23)15(14-27)11-18-19-3-4-22(28)24(19,2)9-6-20(18)23/h12,14-15,17-21,25-26H,3-11,13H2,1-2H3/t15?,17-,18-,19-,20-,21?,23+,24-/m0/s1. The lowest BCUT2D eigenvalue weighted by Crippen LogP contribution is -2.55. The maximum absolute atomic E-state index is 12.6. The molecule has 0 bridgehead atoms. The fourth-order valence-corrected chi connectivity index (χ4v) is 7.89. The largest absolute Gasteiger partial charge is 0.314 e. The Morgan fingerprint density at radius 3 is 2.79 bits per heavy atom. The van der Waals surface area contributed by atoms with Crippen LogP contribution in [0.4, 0.5) is 0 Å². The molecule has 0 aromatic heterocycles. The van der Waals surface area contributed by atoms with Crippen LogP contribution >= 0.6 is 0 Å². The second-order valence-electron chi connectivity index (χ2n) is 10.9. The van der Waals surface area contributed by atoms with E-state index in [-0.39, 0.29) is 28.8 Å². The lowest BCUT2D eigenvalue weighted by molar-refractivity contribution is -0.142. The third-order valence-corrected chi connectivity index (χ3v) is 9.62. The summed E-state index contributed by atoms with van der Waals surface area (Å²) in [5.74, 6) is 2.46. The highest BCUT2D eigenvalue weighted by Crippen LogP contribution is 2.65. The van der Waals surface area contributed by atoms with Crippen molar-refractivity contribution in [3.63, 3.8) is 0 Å². The van der Waals surface area contributed by atoms with Crippen LogP contribution in [0.2, 0.25) is 0 Å². The summed E-state index contributed by atoms with van der Waals surface area (Å²) < 4.78 is 0. The van der Waals surface area contributed by atoms with E-state index in [0.29, 0.717) is 23.5 Å². The summed E-state index contributed by atoms with van der Waals surface area (Å²) in [7, 11) is 0. The first-order valence-electron chi connectivity index (χ1n) is 11.8. The van der Waals surface area contributed by atoms with Gasteiger partial charge in [-0.25, -0.2) is 0 Å². The molecule has 1 saturated heterocycles. The third kappa shape index (κ3) is 3.03. The number of hydrogen-bond donors (Lipinski definition) is 2. The summed E-state index contributed by atoms with van der Waals surface area (Å²) in [5.41, 5.74) is 4.42. The van der Waals surface area contributed by atoms with Crippen LogP contribution in [-0.2, 0) is 14.4 Å². The Bertz CT molecular complexity index is 715. The number of hydroxylamine groups is 1. The molecule has 2 N–H and O–H groups in total. The van der Waals surface area contributed by atoms with E-state index in [1.165, 1.54) is 6.29 Å². The quantitative estimate of drug-likeness (QED) is 0.559. The van der Waals surface area contributed by atoms with Crippen LogP contribution in [-0.4, -0.2) is 31.3 Å². The number of carbonyl (C=O) groups excluding carboxylic acids is 2. The number of ketones is 1. The van der Waals surface area contributed by atoms with Gasteiger partial charge in [0.25, 0.3) is 0 Å². The molecule has 5 nitrogen and oxygen atoms in total. The Morgan fingerprint density at radius 1 is 1.17 bits per heavy atom. The number of fused-ring (bicyclic) bond motifs is 5. The van der Waals surface area contributed by atoms with E-state index in [1.54, 1.807) is 0 Å². The zero-order chi connectivity index (χ0) is 20.2. The molecule has 1 aliphatic heterocycles. The van der Waals surface area contributed by atoms with Gasteiger partial charge in [-0.15, -0.1) is 0 Å².